The molecule has 25 heavy (non-hydrogen) atoms. The van der Waals surface area contributed by atoms with Crippen LogP contribution in [-0.4, -0.2) is 7.25 Å². The summed E-state index contributed by atoms with van der Waals surface area (Å²) in [5, 5.41) is 0. The number of aryl methyl sites for hydroxylation is 1. The fraction of sp³-hybridized carbons (Fsp3) is 0.0526. The predicted molar refractivity (Wildman–Crippen MR) is 96.4 cm³/mol. The SMILES string of the molecule is Cc1ccc([S+](c2ccccc2)c2ccccc2)cc1.F[B-](F)(F)F. The van der Waals surface area contributed by atoms with Crippen LogP contribution in [0.25, 0.3) is 0 Å². The van der Waals surface area contributed by atoms with E-state index in [4.69, 9.17) is 0 Å². The molecule has 0 saturated carbocycles. The topological polar surface area (TPSA) is 0 Å². The maximum Gasteiger partial charge on any atom is 0.673 e. The second-order valence-corrected chi connectivity index (χ2v) is 7.27. The van der Waals surface area contributed by atoms with Gasteiger partial charge in [-0.3, -0.25) is 0 Å². The maximum atomic E-state index is 9.75. The van der Waals surface area contributed by atoms with E-state index in [2.05, 4.69) is 91.9 Å². The van der Waals surface area contributed by atoms with Crippen molar-refractivity contribution in [2.24, 2.45) is 0 Å². The third kappa shape index (κ3) is 6.67. The lowest BCUT2D eigenvalue weighted by atomic mass is 10.2. The summed E-state index contributed by atoms with van der Waals surface area (Å²) in [5.74, 6) is 0. The van der Waals surface area contributed by atoms with Crippen molar-refractivity contribution < 1.29 is 17.3 Å². The van der Waals surface area contributed by atoms with Gasteiger partial charge < -0.3 is 17.3 Å². The molecule has 3 aromatic rings. The Hall–Kier alpha value is -2.21. The molecule has 0 saturated heterocycles. The first-order chi connectivity index (χ1) is 11.8. The quantitative estimate of drug-likeness (QED) is 0.287. The molecule has 6 heteroatoms. The minimum Gasteiger partial charge on any atom is -0.418 e. The van der Waals surface area contributed by atoms with E-state index >= 15 is 0 Å². The Morgan fingerprint density at radius 2 is 0.880 bits per heavy atom. The first-order valence-electron chi connectivity index (χ1n) is 7.63. The van der Waals surface area contributed by atoms with Crippen molar-refractivity contribution in [2.75, 3.05) is 0 Å². The van der Waals surface area contributed by atoms with Gasteiger partial charge in [0.2, 0.25) is 0 Å². The third-order valence-corrected chi connectivity index (χ3v) is 5.45. The summed E-state index contributed by atoms with van der Waals surface area (Å²) in [6.45, 7) is 2.13. The van der Waals surface area contributed by atoms with E-state index in [1.807, 2.05) is 0 Å². The minimum absolute atomic E-state index is 0.0229. The highest BCUT2D eigenvalue weighted by Gasteiger charge is 2.27. The van der Waals surface area contributed by atoms with Crippen LogP contribution in [0.4, 0.5) is 17.3 Å². The normalized spacial score (nSPS) is 11.0. The van der Waals surface area contributed by atoms with Gasteiger partial charge in [0, 0.05) is 0 Å². The summed E-state index contributed by atoms with van der Waals surface area (Å²) in [5.41, 5.74) is 1.30. The largest absolute Gasteiger partial charge is 0.673 e. The average Bonchev–Trinajstić information content (AvgIpc) is 2.57. The van der Waals surface area contributed by atoms with Crippen LogP contribution >= 0.6 is 0 Å². The van der Waals surface area contributed by atoms with Crippen molar-refractivity contribution in [1.82, 2.24) is 0 Å². The number of hydrogen-bond acceptors (Lipinski definition) is 0. The molecule has 0 heterocycles. The van der Waals surface area contributed by atoms with Gasteiger partial charge in [-0.05, 0) is 43.3 Å². The van der Waals surface area contributed by atoms with Crippen LogP contribution in [0.5, 0.6) is 0 Å². The smallest absolute Gasteiger partial charge is 0.418 e. The van der Waals surface area contributed by atoms with Crippen LogP contribution < -0.4 is 0 Å². The van der Waals surface area contributed by atoms with Gasteiger partial charge in [0.05, 0.1) is 10.9 Å². The molecule has 3 rings (SSSR count). The van der Waals surface area contributed by atoms with Gasteiger partial charge in [0.15, 0.2) is 14.7 Å². The molecule has 0 unspecified atom stereocenters. The lowest BCUT2D eigenvalue weighted by Gasteiger charge is -2.07. The second-order valence-electron chi connectivity index (χ2n) is 5.24. The highest BCUT2D eigenvalue weighted by molar-refractivity contribution is 7.97. The summed E-state index contributed by atoms with van der Waals surface area (Å²) in [7, 11) is -6.02. The first kappa shape index (κ1) is 19.1. The van der Waals surface area contributed by atoms with Crippen LogP contribution in [0.3, 0.4) is 0 Å². The van der Waals surface area contributed by atoms with Crippen molar-refractivity contribution in [3.05, 3.63) is 90.5 Å². The maximum absolute atomic E-state index is 9.75. The highest BCUT2D eigenvalue weighted by atomic mass is 32.2. The molecule has 0 aliphatic heterocycles. The Bertz CT molecular complexity index is 713. The molecule has 0 atom stereocenters. The van der Waals surface area contributed by atoms with E-state index in [1.165, 1.54) is 20.2 Å². The summed E-state index contributed by atoms with van der Waals surface area (Å²) in [6.07, 6.45) is 0. The van der Waals surface area contributed by atoms with Gasteiger partial charge in [-0.1, -0.05) is 54.1 Å². The van der Waals surface area contributed by atoms with Crippen molar-refractivity contribution >= 4 is 18.1 Å². The fourth-order valence-electron chi connectivity index (χ4n) is 2.20. The number of benzene rings is 3. The van der Waals surface area contributed by atoms with Gasteiger partial charge in [-0.25, -0.2) is 0 Å². The molecule has 0 amide bonds. The van der Waals surface area contributed by atoms with Gasteiger partial charge in [0.25, 0.3) is 0 Å². The molecule has 0 fully saturated rings. The van der Waals surface area contributed by atoms with E-state index < -0.39 is 7.25 Å². The fourth-order valence-corrected chi connectivity index (χ4v) is 4.28. The summed E-state index contributed by atoms with van der Waals surface area (Å²) in [6, 6.07) is 30.4. The number of halogens is 4. The van der Waals surface area contributed by atoms with Crippen LogP contribution in [-0.2, 0) is 10.9 Å². The number of rotatable bonds is 3. The van der Waals surface area contributed by atoms with Gasteiger partial charge in [0.1, 0.15) is 0 Å². The molecule has 0 bridgehead atoms. The highest BCUT2D eigenvalue weighted by Crippen LogP contribution is 2.30. The van der Waals surface area contributed by atoms with Crippen LogP contribution in [0.15, 0.2) is 99.6 Å². The van der Waals surface area contributed by atoms with E-state index in [1.54, 1.807) is 0 Å². The lowest BCUT2D eigenvalue weighted by molar-refractivity contribution is 0.368. The molecular weight excluding hydrogens is 347 g/mol. The summed E-state index contributed by atoms with van der Waals surface area (Å²) in [4.78, 5) is 4.10. The van der Waals surface area contributed by atoms with E-state index in [9.17, 15) is 17.3 Å². The molecule has 0 aliphatic carbocycles. The molecular formula is C19H17BF4S. The molecule has 0 aromatic heterocycles. The van der Waals surface area contributed by atoms with Crippen LogP contribution in [0, 0.1) is 6.92 Å². The third-order valence-electron chi connectivity index (χ3n) is 3.21. The Labute approximate surface area is 148 Å². The van der Waals surface area contributed by atoms with E-state index in [0.717, 1.165) is 0 Å². The van der Waals surface area contributed by atoms with E-state index in [0.29, 0.717) is 0 Å². The zero-order valence-electron chi connectivity index (χ0n) is 13.6. The summed E-state index contributed by atoms with van der Waals surface area (Å²) < 4.78 is 39.0. The molecule has 0 aliphatic rings. The zero-order chi connectivity index (χ0) is 18.3. The monoisotopic (exact) mass is 364 g/mol. The molecule has 0 radical (unpaired) electrons. The molecule has 130 valence electrons. The van der Waals surface area contributed by atoms with Crippen molar-refractivity contribution in [1.29, 1.82) is 0 Å². The van der Waals surface area contributed by atoms with Crippen molar-refractivity contribution in [2.45, 2.75) is 21.6 Å². The minimum atomic E-state index is -6.00. The van der Waals surface area contributed by atoms with Crippen LogP contribution in [0.2, 0.25) is 0 Å². The zero-order valence-corrected chi connectivity index (χ0v) is 14.4. The lowest BCUT2D eigenvalue weighted by Crippen LogP contribution is -2.04. The summed E-state index contributed by atoms with van der Waals surface area (Å²) >= 11 is 0. The molecule has 3 aromatic carbocycles. The Morgan fingerprint density at radius 1 is 0.560 bits per heavy atom. The van der Waals surface area contributed by atoms with Crippen molar-refractivity contribution in [3.8, 4) is 0 Å². The Balaban J connectivity index is 0.000000399. The predicted octanol–water partition coefficient (Wildman–Crippen LogP) is 6.39. The van der Waals surface area contributed by atoms with Gasteiger partial charge >= 0.3 is 7.25 Å². The van der Waals surface area contributed by atoms with Crippen LogP contribution in [0.1, 0.15) is 5.56 Å². The van der Waals surface area contributed by atoms with Gasteiger partial charge in [-0.2, -0.15) is 0 Å². The first-order valence-corrected chi connectivity index (χ1v) is 8.85. The number of hydrogen-bond donors (Lipinski definition) is 0. The van der Waals surface area contributed by atoms with Crippen molar-refractivity contribution in [3.63, 3.8) is 0 Å². The standard InChI is InChI=1S/C19H17S.BF4/c1-16-12-14-19(15-13-16)20(17-8-4-2-5-9-17)18-10-6-3-7-11-18;2-1(3,4)5/h2-15H,1H3;/q+1;-1. The second kappa shape index (κ2) is 8.76. The molecule has 0 nitrogen and oxygen atoms in total. The van der Waals surface area contributed by atoms with Gasteiger partial charge in [-0.15, -0.1) is 0 Å². The van der Waals surface area contributed by atoms with E-state index in [-0.39, 0.29) is 10.9 Å². The average molecular weight is 364 g/mol. The Morgan fingerprint density at radius 3 is 1.24 bits per heavy atom. The molecule has 0 N–H and O–H groups in total. The molecule has 0 spiro atoms. The Kier molecular flexibility index (Phi) is 6.70.